The normalized spacial score (nSPS) is 26.4. The number of anilines is 1. The molecule has 1 aromatic rings. The molecule has 3 nitrogen and oxygen atoms in total. The maximum Gasteiger partial charge on any atom is 0.223 e. The molecule has 0 aromatic carbocycles. The van der Waals surface area contributed by atoms with Crippen molar-refractivity contribution in [3.05, 3.63) is 18.0 Å². The quantitative estimate of drug-likeness (QED) is 0.780. The lowest BCUT2D eigenvalue weighted by molar-refractivity contribution is 0.553. The first-order chi connectivity index (χ1) is 6.75. The molecule has 1 aromatic heterocycles. The third-order valence-corrected chi connectivity index (χ3v) is 2.97. The van der Waals surface area contributed by atoms with E-state index in [1.807, 2.05) is 19.2 Å². The van der Waals surface area contributed by atoms with Crippen LogP contribution in [0.4, 0.5) is 5.95 Å². The smallest absolute Gasteiger partial charge is 0.223 e. The highest BCUT2D eigenvalue weighted by molar-refractivity contribution is 5.27. The standard InChI is InChI=1S/C11H17N3/c1-8-4-3-5-10(8)14-11-12-7-6-9(2)13-11/h6-8,10H,3-5H2,1-2H3,(H,12,13,14). The first-order valence-electron chi connectivity index (χ1n) is 5.32. The lowest BCUT2D eigenvalue weighted by atomic mass is 10.1. The van der Waals surface area contributed by atoms with Gasteiger partial charge in [0.05, 0.1) is 0 Å². The van der Waals surface area contributed by atoms with E-state index >= 15 is 0 Å². The molecule has 0 aliphatic heterocycles. The van der Waals surface area contributed by atoms with Crippen LogP contribution in [0.5, 0.6) is 0 Å². The van der Waals surface area contributed by atoms with Gasteiger partial charge in [-0.2, -0.15) is 0 Å². The molecule has 0 amide bonds. The monoisotopic (exact) mass is 191 g/mol. The summed E-state index contributed by atoms with van der Waals surface area (Å²) in [4.78, 5) is 8.56. The number of hydrogen-bond acceptors (Lipinski definition) is 3. The van der Waals surface area contributed by atoms with E-state index in [0.717, 1.165) is 17.6 Å². The largest absolute Gasteiger partial charge is 0.351 e. The summed E-state index contributed by atoms with van der Waals surface area (Å²) in [6, 6.07) is 2.49. The van der Waals surface area contributed by atoms with Crippen molar-refractivity contribution < 1.29 is 0 Å². The summed E-state index contributed by atoms with van der Waals surface area (Å²) in [6.45, 7) is 4.28. The lowest BCUT2D eigenvalue weighted by Gasteiger charge is -2.16. The van der Waals surface area contributed by atoms with Crippen LogP contribution in [-0.2, 0) is 0 Å². The van der Waals surface area contributed by atoms with Crippen molar-refractivity contribution in [1.29, 1.82) is 0 Å². The SMILES string of the molecule is Cc1ccnc(NC2CCCC2C)n1. The average Bonchev–Trinajstić information content (AvgIpc) is 2.52. The van der Waals surface area contributed by atoms with Gasteiger partial charge < -0.3 is 5.32 Å². The van der Waals surface area contributed by atoms with Gasteiger partial charge in [0.2, 0.25) is 5.95 Å². The van der Waals surface area contributed by atoms with E-state index in [1.165, 1.54) is 19.3 Å². The lowest BCUT2D eigenvalue weighted by Crippen LogP contribution is -2.23. The van der Waals surface area contributed by atoms with Gasteiger partial charge in [0.25, 0.3) is 0 Å². The molecule has 14 heavy (non-hydrogen) atoms. The zero-order valence-corrected chi connectivity index (χ0v) is 8.83. The van der Waals surface area contributed by atoms with Crippen LogP contribution in [0.15, 0.2) is 12.3 Å². The summed E-state index contributed by atoms with van der Waals surface area (Å²) < 4.78 is 0. The van der Waals surface area contributed by atoms with E-state index in [2.05, 4.69) is 22.2 Å². The van der Waals surface area contributed by atoms with Crippen molar-refractivity contribution in [2.75, 3.05) is 5.32 Å². The molecule has 1 fully saturated rings. The van der Waals surface area contributed by atoms with E-state index in [0.29, 0.717) is 6.04 Å². The fourth-order valence-electron chi connectivity index (χ4n) is 2.04. The number of aromatic nitrogens is 2. The summed E-state index contributed by atoms with van der Waals surface area (Å²) in [7, 11) is 0. The molecule has 1 aliphatic rings. The Balaban J connectivity index is 2.03. The number of rotatable bonds is 2. The first kappa shape index (κ1) is 9.44. The maximum atomic E-state index is 4.35. The highest BCUT2D eigenvalue weighted by atomic mass is 15.1. The van der Waals surface area contributed by atoms with Crippen LogP contribution in [0.25, 0.3) is 0 Å². The minimum atomic E-state index is 0.566. The minimum absolute atomic E-state index is 0.566. The predicted octanol–water partition coefficient (Wildman–Crippen LogP) is 2.39. The first-order valence-corrected chi connectivity index (χ1v) is 5.32. The number of hydrogen-bond donors (Lipinski definition) is 1. The summed E-state index contributed by atoms with van der Waals surface area (Å²) in [6.07, 6.45) is 5.71. The fraction of sp³-hybridized carbons (Fsp3) is 0.636. The van der Waals surface area contributed by atoms with Crippen LogP contribution in [0.1, 0.15) is 31.9 Å². The van der Waals surface area contributed by atoms with Crippen molar-refractivity contribution in [2.24, 2.45) is 5.92 Å². The second-order valence-electron chi connectivity index (χ2n) is 4.18. The second kappa shape index (κ2) is 3.95. The number of aryl methyl sites for hydroxylation is 1. The summed E-state index contributed by atoms with van der Waals surface area (Å²) in [5.41, 5.74) is 1.02. The zero-order chi connectivity index (χ0) is 9.97. The molecule has 3 heteroatoms. The van der Waals surface area contributed by atoms with Crippen LogP contribution in [0.3, 0.4) is 0 Å². The number of nitrogens with one attached hydrogen (secondary N) is 1. The van der Waals surface area contributed by atoms with Crippen LogP contribution in [0, 0.1) is 12.8 Å². The second-order valence-corrected chi connectivity index (χ2v) is 4.18. The molecular formula is C11H17N3. The molecule has 2 rings (SSSR count). The summed E-state index contributed by atoms with van der Waals surface area (Å²) in [5, 5.41) is 3.41. The molecule has 1 heterocycles. The fourth-order valence-corrected chi connectivity index (χ4v) is 2.04. The number of nitrogens with zero attached hydrogens (tertiary/aromatic N) is 2. The Kier molecular flexibility index (Phi) is 2.66. The molecule has 0 bridgehead atoms. The molecule has 0 spiro atoms. The van der Waals surface area contributed by atoms with Gasteiger partial charge in [-0.3, -0.25) is 0 Å². The van der Waals surface area contributed by atoms with Gasteiger partial charge in [0.15, 0.2) is 0 Å². The van der Waals surface area contributed by atoms with Gasteiger partial charge in [-0.25, -0.2) is 9.97 Å². The van der Waals surface area contributed by atoms with E-state index in [9.17, 15) is 0 Å². The van der Waals surface area contributed by atoms with Crippen molar-refractivity contribution in [3.63, 3.8) is 0 Å². The Morgan fingerprint density at radius 3 is 2.93 bits per heavy atom. The molecule has 1 aliphatic carbocycles. The Hall–Kier alpha value is -1.12. The van der Waals surface area contributed by atoms with Gasteiger partial charge in [-0.05, 0) is 31.7 Å². The molecule has 1 N–H and O–H groups in total. The van der Waals surface area contributed by atoms with Gasteiger partial charge >= 0.3 is 0 Å². The molecule has 2 unspecified atom stereocenters. The Labute approximate surface area is 85.0 Å². The minimum Gasteiger partial charge on any atom is -0.351 e. The molecule has 0 radical (unpaired) electrons. The third kappa shape index (κ3) is 2.03. The topological polar surface area (TPSA) is 37.8 Å². The van der Waals surface area contributed by atoms with Crippen LogP contribution >= 0.6 is 0 Å². The van der Waals surface area contributed by atoms with Crippen LogP contribution in [0.2, 0.25) is 0 Å². The molecule has 1 saturated carbocycles. The van der Waals surface area contributed by atoms with E-state index in [-0.39, 0.29) is 0 Å². The summed E-state index contributed by atoms with van der Waals surface area (Å²) in [5.74, 6) is 1.53. The Morgan fingerprint density at radius 1 is 1.43 bits per heavy atom. The van der Waals surface area contributed by atoms with Crippen LogP contribution < -0.4 is 5.32 Å². The van der Waals surface area contributed by atoms with E-state index in [4.69, 9.17) is 0 Å². The highest BCUT2D eigenvalue weighted by Crippen LogP contribution is 2.26. The summed E-state index contributed by atoms with van der Waals surface area (Å²) >= 11 is 0. The Morgan fingerprint density at radius 2 is 2.29 bits per heavy atom. The van der Waals surface area contributed by atoms with Gasteiger partial charge in [-0.15, -0.1) is 0 Å². The van der Waals surface area contributed by atoms with Gasteiger partial charge in [-0.1, -0.05) is 13.3 Å². The van der Waals surface area contributed by atoms with Crippen LogP contribution in [-0.4, -0.2) is 16.0 Å². The van der Waals surface area contributed by atoms with Gasteiger partial charge in [0.1, 0.15) is 0 Å². The molecular weight excluding hydrogens is 174 g/mol. The van der Waals surface area contributed by atoms with E-state index in [1.54, 1.807) is 0 Å². The zero-order valence-electron chi connectivity index (χ0n) is 8.83. The van der Waals surface area contributed by atoms with E-state index < -0.39 is 0 Å². The molecule has 2 atom stereocenters. The Bertz CT molecular complexity index is 311. The van der Waals surface area contributed by atoms with Gasteiger partial charge in [0, 0.05) is 17.9 Å². The predicted molar refractivity (Wildman–Crippen MR) is 57.2 cm³/mol. The average molecular weight is 191 g/mol. The maximum absolute atomic E-state index is 4.35. The van der Waals surface area contributed by atoms with Crippen molar-refractivity contribution in [3.8, 4) is 0 Å². The van der Waals surface area contributed by atoms with Crippen molar-refractivity contribution in [2.45, 2.75) is 39.2 Å². The van der Waals surface area contributed by atoms with Crippen molar-refractivity contribution >= 4 is 5.95 Å². The van der Waals surface area contributed by atoms with Crippen molar-refractivity contribution in [1.82, 2.24) is 9.97 Å². The highest BCUT2D eigenvalue weighted by Gasteiger charge is 2.23. The molecule has 0 saturated heterocycles. The molecule has 76 valence electrons. The third-order valence-electron chi connectivity index (χ3n) is 2.97.